The first-order valence-electron chi connectivity index (χ1n) is 8.97. The number of piperidine rings is 1. The molecule has 1 amide bonds. The SMILES string of the molecule is CC(C)(O)c1ccc(C(=O)N2CCC(C)(c3ccccc3)CC2)cc1. The van der Waals surface area contributed by atoms with E-state index in [2.05, 4.69) is 31.2 Å². The number of rotatable bonds is 3. The van der Waals surface area contributed by atoms with Crippen LogP contribution in [0, 0.1) is 0 Å². The van der Waals surface area contributed by atoms with Gasteiger partial charge in [-0.1, -0.05) is 49.4 Å². The average molecular weight is 337 g/mol. The van der Waals surface area contributed by atoms with Gasteiger partial charge in [-0.3, -0.25) is 4.79 Å². The molecule has 1 fully saturated rings. The van der Waals surface area contributed by atoms with E-state index in [1.54, 1.807) is 13.8 Å². The molecule has 0 saturated carbocycles. The molecular formula is C22H27NO2. The van der Waals surface area contributed by atoms with Crippen LogP contribution in [-0.2, 0) is 11.0 Å². The normalized spacial score (nSPS) is 17.4. The maximum Gasteiger partial charge on any atom is 0.253 e. The van der Waals surface area contributed by atoms with Gasteiger partial charge in [-0.2, -0.15) is 0 Å². The van der Waals surface area contributed by atoms with Crippen LogP contribution in [-0.4, -0.2) is 29.0 Å². The molecule has 132 valence electrons. The lowest BCUT2D eigenvalue weighted by atomic mass is 9.74. The van der Waals surface area contributed by atoms with Crippen molar-refractivity contribution in [2.45, 2.75) is 44.6 Å². The van der Waals surface area contributed by atoms with Crippen LogP contribution >= 0.6 is 0 Å². The third kappa shape index (κ3) is 3.77. The second kappa shape index (κ2) is 6.64. The van der Waals surface area contributed by atoms with E-state index >= 15 is 0 Å². The highest BCUT2D eigenvalue weighted by atomic mass is 16.3. The second-order valence-electron chi connectivity index (χ2n) is 7.86. The molecule has 1 aliphatic rings. The number of aliphatic hydroxyl groups is 1. The van der Waals surface area contributed by atoms with Crippen molar-refractivity contribution in [1.29, 1.82) is 0 Å². The second-order valence-corrected chi connectivity index (χ2v) is 7.86. The number of carbonyl (C=O) groups is 1. The Kier molecular flexibility index (Phi) is 4.70. The number of nitrogens with zero attached hydrogens (tertiary/aromatic N) is 1. The first-order chi connectivity index (χ1) is 11.8. The van der Waals surface area contributed by atoms with E-state index in [4.69, 9.17) is 0 Å². The zero-order valence-corrected chi connectivity index (χ0v) is 15.3. The summed E-state index contributed by atoms with van der Waals surface area (Å²) in [7, 11) is 0. The number of hydrogen-bond acceptors (Lipinski definition) is 2. The highest BCUT2D eigenvalue weighted by Crippen LogP contribution is 2.35. The van der Waals surface area contributed by atoms with Crippen molar-refractivity contribution >= 4 is 5.91 Å². The fourth-order valence-electron chi connectivity index (χ4n) is 3.54. The summed E-state index contributed by atoms with van der Waals surface area (Å²) in [6.45, 7) is 7.34. The molecule has 0 unspecified atom stereocenters. The summed E-state index contributed by atoms with van der Waals surface area (Å²) in [4.78, 5) is 14.7. The van der Waals surface area contributed by atoms with Gasteiger partial charge in [0.1, 0.15) is 0 Å². The summed E-state index contributed by atoms with van der Waals surface area (Å²) in [5.41, 5.74) is 2.12. The Morgan fingerprint density at radius 2 is 1.56 bits per heavy atom. The van der Waals surface area contributed by atoms with E-state index < -0.39 is 5.60 Å². The molecule has 25 heavy (non-hydrogen) atoms. The van der Waals surface area contributed by atoms with Crippen LogP contribution in [0.3, 0.4) is 0 Å². The Morgan fingerprint density at radius 1 is 1.00 bits per heavy atom. The Balaban J connectivity index is 1.68. The van der Waals surface area contributed by atoms with Crippen LogP contribution in [0.4, 0.5) is 0 Å². The summed E-state index contributed by atoms with van der Waals surface area (Å²) in [5, 5.41) is 10.0. The van der Waals surface area contributed by atoms with Crippen molar-refractivity contribution in [2.24, 2.45) is 0 Å². The maximum absolute atomic E-state index is 12.8. The highest BCUT2D eigenvalue weighted by Gasteiger charge is 2.33. The van der Waals surface area contributed by atoms with E-state index in [9.17, 15) is 9.90 Å². The van der Waals surface area contributed by atoms with Gasteiger partial charge in [-0.25, -0.2) is 0 Å². The maximum atomic E-state index is 12.8. The molecule has 1 aliphatic heterocycles. The van der Waals surface area contributed by atoms with E-state index in [1.165, 1.54) is 5.56 Å². The van der Waals surface area contributed by atoms with Crippen molar-refractivity contribution in [2.75, 3.05) is 13.1 Å². The molecular weight excluding hydrogens is 310 g/mol. The first kappa shape index (κ1) is 17.7. The van der Waals surface area contributed by atoms with Gasteiger partial charge in [0.25, 0.3) is 5.91 Å². The van der Waals surface area contributed by atoms with Crippen LogP contribution in [0.15, 0.2) is 54.6 Å². The molecule has 2 aromatic carbocycles. The molecule has 2 aromatic rings. The van der Waals surface area contributed by atoms with Gasteiger partial charge >= 0.3 is 0 Å². The number of hydrogen-bond donors (Lipinski definition) is 1. The highest BCUT2D eigenvalue weighted by molar-refractivity contribution is 5.94. The first-order valence-corrected chi connectivity index (χ1v) is 8.97. The Bertz CT molecular complexity index is 721. The van der Waals surface area contributed by atoms with Crippen molar-refractivity contribution in [3.63, 3.8) is 0 Å². The summed E-state index contributed by atoms with van der Waals surface area (Å²) in [6, 6.07) is 17.9. The Hall–Kier alpha value is -2.13. The average Bonchev–Trinajstić information content (AvgIpc) is 2.62. The van der Waals surface area contributed by atoms with E-state index in [0.29, 0.717) is 5.56 Å². The third-order valence-corrected chi connectivity index (χ3v) is 5.46. The monoisotopic (exact) mass is 337 g/mol. The summed E-state index contributed by atoms with van der Waals surface area (Å²) in [6.07, 6.45) is 1.95. The third-order valence-electron chi connectivity index (χ3n) is 5.46. The Labute approximate surface area is 150 Å². The Morgan fingerprint density at radius 3 is 2.08 bits per heavy atom. The molecule has 0 spiro atoms. The summed E-state index contributed by atoms with van der Waals surface area (Å²) >= 11 is 0. The molecule has 1 saturated heterocycles. The van der Waals surface area contributed by atoms with Crippen LogP contribution in [0.25, 0.3) is 0 Å². The zero-order valence-electron chi connectivity index (χ0n) is 15.3. The molecule has 3 rings (SSSR count). The standard InChI is InChI=1S/C22H27NO2/c1-21(2,25)18-11-9-17(10-12-18)20(24)23-15-13-22(3,14-16-23)19-7-5-4-6-8-19/h4-12,25H,13-16H2,1-3H3. The summed E-state index contributed by atoms with van der Waals surface area (Å²) < 4.78 is 0. The number of benzene rings is 2. The topological polar surface area (TPSA) is 40.5 Å². The number of amides is 1. The van der Waals surface area contributed by atoms with E-state index in [1.807, 2.05) is 35.2 Å². The molecule has 0 aromatic heterocycles. The number of carbonyl (C=O) groups excluding carboxylic acids is 1. The smallest absolute Gasteiger partial charge is 0.253 e. The van der Waals surface area contributed by atoms with Crippen LogP contribution in [0.2, 0.25) is 0 Å². The molecule has 0 radical (unpaired) electrons. The minimum Gasteiger partial charge on any atom is -0.386 e. The van der Waals surface area contributed by atoms with Crippen LogP contribution < -0.4 is 0 Å². The van der Waals surface area contributed by atoms with E-state index in [0.717, 1.165) is 31.5 Å². The van der Waals surface area contributed by atoms with Gasteiger partial charge in [0.15, 0.2) is 0 Å². The molecule has 3 nitrogen and oxygen atoms in total. The predicted octanol–water partition coefficient (Wildman–Crippen LogP) is 4.11. The fraction of sp³-hybridized carbons (Fsp3) is 0.409. The predicted molar refractivity (Wildman–Crippen MR) is 101 cm³/mol. The van der Waals surface area contributed by atoms with Gasteiger partial charge in [-0.05, 0) is 55.4 Å². The van der Waals surface area contributed by atoms with Gasteiger partial charge in [0.2, 0.25) is 0 Å². The van der Waals surface area contributed by atoms with Crippen LogP contribution in [0.1, 0.15) is 55.1 Å². The lowest BCUT2D eigenvalue weighted by molar-refractivity contribution is 0.0672. The fourth-order valence-corrected chi connectivity index (χ4v) is 3.54. The minimum atomic E-state index is -0.885. The molecule has 0 atom stereocenters. The van der Waals surface area contributed by atoms with Crippen molar-refractivity contribution in [3.05, 3.63) is 71.3 Å². The van der Waals surface area contributed by atoms with E-state index in [-0.39, 0.29) is 11.3 Å². The molecule has 0 bridgehead atoms. The molecule has 3 heteroatoms. The molecule has 0 aliphatic carbocycles. The van der Waals surface area contributed by atoms with Crippen molar-refractivity contribution in [1.82, 2.24) is 4.90 Å². The molecule has 1 heterocycles. The molecule has 1 N–H and O–H groups in total. The quantitative estimate of drug-likeness (QED) is 0.916. The minimum absolute atomic E-state index is 0.0809. The van der Waals surface area contributed by atoms with Crippen molar-refractivity contribution < 1.29 is 9.90 Å². The van der Waals surface area contributed by atoms with Gasteiger partial charge in [0.05, 0.1) is 5.60 Å². The zero-order chi connectivity index (χ0) is 18.1. The summed E-state index contributed by atoms with van der Waals surface area (Å²) in [5.74, 6) is 0.0809. The largest absolute Gasteiger partial charge is 0.386 e. The lowest BCUT2D eigenvalue weighted by Gasteiger charge is -2.40. The van der Waals surface area contributed by atoms with Gasteiger partial charge < -0.3 is 10.0 Å². The van der Waals surface area contributed by atoms with Gasteiger partial charge in [0, 0.05) is 18.7 Å². The van der Waals surface area contributed by atoms with Gasteiger partial charge in [-0.15, -0.1) is 0 Å². The number of likely N-dealkylation sites (tertiary alicyclic amines) is 1. The van der Waals surface area contributed by atoms with Crippen molar-refractivity contribution in [3.8, 4) is 0 Å². The van der Waals surface area contributed by atoms with Crippen LogP contribution in [0.5, 0.6) is 0 Å². The lowest BCUT2D eigenvalue weighted by Crippen LogP contribution is -2.43.